The Hall–Kier alpha value is -0.410. The Bertz CT molecular complexity index is 102. The predicted octanol–water partition coefficient (Wildman–Crippen LogP) is 1.37. The van der Waals surface area contributed by atoms with Crippen molar-refractivity contribution in [1.82, 2.24) is 0 Å². The third-order valence-corrected chi connectivity index (χ3v) is 1.27. The average Bonchev–Trinajstić information content (AvgIpc) is 2.01. The molecule has 66 valence electrons. The highest BCUT2D eigenvalue weighted by atomic mass is 16.7. The van der Waals surface area contributed by atoms with E-state index in [2.05, 4.69) is 11.7 Å². The van der Waals surface area contributed by atoms with Crippen LogP contribution in [-0.4, -0.2) is 26.3 Å². The minimum Gasteiger partial charge on any atom is -0.359 e. The lowest BCUT2D eigenvalue weighted by Gasteiger charge is -2.00. The average molecular weight is 160 g/mol. The fourth-order valence-corrected chi connectivity index (χ4v) is 0.685. The number of methoxy groups -OCH3 is 1. The van der Waals surface area contributed by atoms with E-state index in [9.17, 15) is 4.79 Å². The molecule has 0 saturated heterocycles. The molecule has 11 heavy (non-hydrogen) atoms. The Morgan fingerprint density at radius 1 is 1.45 bits per heavy atom. The fourth-order valence-electron chi connectivity index (χ4n) is 0.685. The van der Waals surface area contributed by atoms with Crippen molar-refractivity contribution in [1.29, 1.82) is 0 Å². The van der Waals surface area contributed by atoms with Crippen LogP contribution in [0.25, 0.3) is 0 Å². The maximum Gasteiger partial charge on any atom is 0.158 e. The van der Waals surface area contributed by atoms with Crippen molar-refractivity contribution in [2.45, 2.75) is 26.2 Å². The maximum atomic E-state index is 10.9. The monoisotopic (exact) mass is 160 g/mol. The van der Waals surface area contributed by atoms with Crippen LogP contribution in [0.2, 0.25) is 0 Å². The lowest BCUT2D eigenvalue weighted by Crippen LogP contribution is -2.09. The van der Waals surface area contributed by atoms with Gasteiger partial charge in [0.05, 0.1) is 0 Å². The number of rotatable bonds is 7. The Morgan fingerprint density at radius 2 is 2.18 bits per heavy atom. The van der Waals surface area contributed by atoms with Crippen LogP contribution >= 0.6 is 0 Å². The summed E-state index contributed by atoms with van der Waals surface area (Å²) in [6, 6.07) is 0. The molecule has 0 amide bonds. The molecule has 0 unspecified atom stereocenters. The molecular weight excluding hydrogens is 144 g/mol. The Kier molecular flexibility index (Phi) is 7.41. The van der Waals surface area contributed by atoms with Crippen LogP contribution in [0.15, 0.2) is 0 Å². The summed E-state index contributed by atoms with van der Waals surface area (Å²) in [7, 11) is 1.54. The summed E-state index contributed by atoms with van der Waals surface area (Å²) in [5.74, 6) is 0.156. The Morgan fingerprint density at radius 3 is 2.73 bits per heavy atom. The van der Waals surface area contributed by atoms with E-state index in [0.717, 1.165) is 12.8 Å². The molecule has 0 aromatic heterocycles. The molecule has 3 heteroatoms. The van der Waals surface area contributed by atoms with Gasteiger partial charge in [0, 0.05) is 13.5 Å². The summed E-state index contributed by atoms with van der Waals surface area (Å²) in [6.45, 7) is 2.45. The minimum atomic E-state index is 0.156. The van der Waals surface area contributed by atoms with Gasteiger partial charge in [0.15, 0.2) is 5.78 Å². The van der Waals surface area contributed by atoms with Crippen LogP contribution < -0.4 is 0 Å². The van der Waals surface area contributed by atoms with Gasteiger partial charge in [-0.05, 0) is 6.42 Å². The summed E-state index contributed by atoms with van der Waals surface area (Å²) in [5.41, 5.74) is 0. The van der Waals surface area contributed by atoms with Gasteiger partial charge in [0.1, 0.15) is 13.4 Å². The fraction of sp³-hybridized carbons (Fsp3) is 0.875. The summed E-state index contributed by atoms with van der Waals surface area (Å²) in [5, 5.41) is 0. The molecule has 0 aliphatic heterocycles. The highest BCUT2D eigenvalue weighted by molar-refractivity contribution is 5.79. The van der Waals surface area contributed by atoms with Crippen LogP contribution in [0, 0.1) is 0 Å². The van der Waals surface area contributed by atoms with E-state index in [1.165, 1.54) is 7.11 Å². The van der Waals surface area contributed by atoms with Gasteiger partial charge < -0.3 is 9.47 Å². The van der Waals surface area contributed by atoms with E-state index in [-0.39, 0.29) is 19.2 Å². The first-order valence-electron chi connectivity index (χ1n) is 3.89. The molecule has 0 aliphatic rings. The highest BCUT2D eigenvalue weighted by Gasteiger charge is 1.99. The van der Waals surface area contributed by atoms with Gasteiger partial charge in [0.25, 0.3) is 0 Å². The van der Waals surface area contributed by atoms with Crippen LogP contribution in [0.1, 0.15) is 26.2 Å². The molecule has 0 heterocycles. The molecule has 0 saturated carbocycles. The topological polar surface area (TPSA) is 35.5 Å². The van der Waals surface area contributed by atoms with E-state index < -0.39 is 0 Å². The smallest absolute Gasteiger partial charge is 0.158 e. The molecule has 0 aromatic carbocycles. The molecule has 0 aliphatic carbocycles. The number of Topliss-reactive ketones (excluding diaryl/α,β-unsaturated/α-hetero) is 1. The number of hydrogen-bond acceptors (Lipinski definition) is 3. The number of carbonyl (C=O) groups excluding carboxylic acids is 1. The van der Waals surface area contributed by atoms with E-state index >= 15 is 0 Å². The molecule has 0 spiro atoms. The highest BCUT2D eigenvalue weighted by Crippen LogP contribution is 1.95. The zero-order chi connectivity index (χ0) is 8.53. The minimum absolute atomic E-state index is 0.156. The molecule has 0 radical (unpaired) electrons. The first kappa shape index (κ1) is 10.6. The second kappa shape index (κ2) is 7.69. The predicted molar refractivity (Wildman–Crippen MR) is 42.4 cm³/mol. The number of ether oxygens (including phenoxy) is 2. The molecule has 0 fully saturated rings. The van der Waals surface area contributed by atoms with Crippen LogP contribution in [-0.2, 0) is 14.3 Å². The largest absolute Gasteiger partial charge is 0.359 e. The van der Waals surface area contributed by atoms with Gasteiger partial charge in [-0.15, -0.1) is 0 Å². The van der Waals surface area contributed by atoms with E-state index in [0.29, 0.717) is 6.42 Å². The van der Waals surface area contributed by atoms with E-state index in [1.807, 2.05) is 0 Å². The molecule has 0 N–H and O–H groups in total. The lowest BCUT2D eigenvalue weighted by atomic mass is 10.2. The maximum absolute atomic E-state index is 10.9. The molecule has 0 aromatic rings. The third-order valence-electron chi connectivity index (χ3n) is 1.27. The number of hydrogen-bond donors (Lipinski definition) is 0. The van der Waals surface area contributed by atoms with Crippen LogP contribution in [0.3, 0.4) is 0 Å². The van der Waals surface area contributed by atoms with E-state index in [1.54, 1.807) is 0 Å². The molecule has 0 bridgehead atoms. The van der Waals surface area contributed by atoms with Crippen molar-refractivity contribution < 1.29 is 14.3 Å². The second-order valence-electron chi connectivity index (χ2n) is 2.40. The quantitative estimate of drug-likeness (QED) is 0.417. The van der Waals surface area contributed by atoms with Crippen molar-refractivity contribution in [2.24, 2.45) is 0 Å². The van der Waals surface area contributed by atoms with Gasteiger partial charge in [-0.1, -0.05) is 13.3 Å². The molecule has 0 atom stereocenters. The van der Waals surface area contributed by atoms with Crippen molar-refractivity contribution in [3.8, 4) is 0 Å². The van der Waals surface area contributed by atoms with Crippen LogP contribution in [0.4, 0.5) is 0 Å². The summed E-state index contributed by atoms with van der Waals surface area (Å²) in [6.07, 6.45) is 2.63. The first-order chi connectivity index (χ1) is 5.31. The van der Waals surface area contributed by atoms with Crippen molar-refractivity contribution in [3.63, 3.8) is 0 Å². The van der Waals surface area contributed by atoms with Crippen molar-refractivity contribution in [2.75, 3.05) is 20.5 Å². The molecular formula is C8H16O3. The van der Waals surface area contributed by atoms with Crippen LogP contribution in [0.5, 0.6) is 0 Å². The Balaban J connectivity index is 3.09. The van der Waals surface area contributed by atoms with Gasteiger partial charge in [-0.3, -0.25) is 4.79 Å². The van der Waals surface area contributed by atoms with Gasteiger partial charge in [-0.25, -0.2) is 0 Å². The lowest BCUT2D eigenvalue weighted by molar-refractivity contribution is -0.128. The van der Waals surface area contributed by atoms with Gasteiger partial charge >= 0.3 is 0 Å². The van der Waals surface area contributed by atoms with E-state index in [4.69, 9.17) is 4.74 Å². The zero-order valence-electron chi connectivity index (χ0n) is 7.26. The number of carbonyl (C=O) groups is 1. The van der Waals surface area contributed by atoms with Crippen molar-refractivity contribution in [3.05, 3.63) is 0 Å². The number of unbranched alkanes of at least 4 members (excludes halogenated alkanes) is 1. The summed E-state index contributed by atoms with van der Waals surface area (Å²) in [4.78, 5) is 10.9. The summed E-state index contributed by atoms with van der Waals surface area (Å²) < 4.78 is 9.49. The van der Waals surface area contributed by atoms with Crippen molar-refractivity contribution >= 4 is 5.78 Å². The first-order valence-corrected chi connectivity index (χ1v) is 3.89. The molecule has 3 nitrogen and oxygen atoms in total. The molecule has 0 rings (SSSR count). The SMILES string of the molecule is CCCCC(=O)COCOC. The normalized spacial score (nSPS) is 10.0. The zero-order valence-corrected chi connectivity index (χ0v) is 7.26. The standard InChI is InChI=1S/C8H16O3/c1-3-4-5-8(9)6-11-7-10-2/h3-7H2,1-2H3. The van der Waals surface area contributed by atoms with Gasteiger partial charge in [-0.2, -0.15) is 0 Å². The summed E-state index contributed by atoms with van der Waals surface area (Å²) >= 11 is 0. The second-order valence-corrected chi connectivity index (χ2v) is 2.40. The Labute approximate surface area is 67.7 Å². The third kappa shape index (κ3) is 7.49. The number of ketones is 1. The van der Waals surface area contributed by atoms with Gasteiger partial charge in [0.2, 0.25) is 0 Å².